The van der Waals surface area contributed by atoms with E-state index in [2.05, 4.69) is 0 Å². The van der Waals surface area contributed by atoms with E-state index in [1.807, 2.05) is 17.5 Å². The number of carbonyl (C=O) groups is 1. The van der Waals surface area contributed by atoms with Gasteiger partial charge in [-0.2, -0.15) is 0 Å². The van der Waals surface area contributed by atoms with E-state index in [9.17, 15) is 9.90 Å². The highest BCUT2D eigenvalue weighted by molar-refractivity contribution is 7.10. The van der Waals surface area contributed by atoms with E-state index in [-0.39, 0.29) is 0 Å². The second-order valence-electron chi connectivity index (χ2n) is 4.28. The maximum Gasteiger partial charge on any atom is 0.314 e. The summed E-state index contributed by atoms with van der Waals surface area (Å²) in [4.78, 5) is 12.6. The molecule has 1 heterocycles. The first-order chi connectivity index (χ1) is 7.26. The molecule has 0 aliphatic heterocycles. The lowest BCUT2D eigenvalue weighted by Crippen LogP contribution is -2.34. The maximum atomic E-state index is 11.5. The second-order valence-corrected chi connectivity index (χ2v) is 5.23. The van der Waals surface area contributed by atoms with Crippen LogP contribution < -0.4 is 0 Å². The van der Waals surface area contributed by atoms with E-state index in [0.29, 0.717) is 0 Å². The van der Waals surface area contributed by atoms with Gasteiger partial charge >= 0.3 is 5.97 Å². The van der Waals surface area contributed by atoms with Crippen molar-refractivity contribution in [1.82, 2.24) is 0 Å². The van der Waals surface area contributed by atoms with Gasteiger partial charge in [-0.05, 0) is 24.3 Å². The molecule has 1 saturated carbocycles. The third-order valence-electron chi connectivity index (χ3n) is 3.36. The van der Waals surface area contributed by atoms with Gasteiger partial charge in [0, 0.05) is 4.88 Å². The first kappa shape index (κ1) is 10.7. The lowest BCUT2D eigenvalue weighted by Gasteiger charge is -2.26. The molecule has 0 aromatic carbocycles. The summed E-state index contributed by atoms with van der Waals surface area (Å²) in [6, 6.07) is 3.93. The van der Waals surface area contributed by atoms with Gasteiger partial charge in [-0.25, -0.2) is 0 Å². The van der Waals surface area contributed by atoms with Crippen LogP contribution in [0.25, 0.3) is 0 Å². The van der Waals surface area contributed by atoms with E-state index in [0.717, 1.165) is 30.6 Å². The fourth-order valence-corrected chi connectivity index (χ4v) is 3.43. The summed E-state index contributed by atoms with van der Waals surface area (Å²) in [5.74, 6) is -0.633. The molecule has 1 aliphatic rings. The van der Waals surface area contributed by atoms with E-state index in [1.54, 1.807) is 11.3 Å². The Balaban J connectivity index is 2.34. The first-order valence-corrected chi connectivity index (χ1v) is 6.41. The van der Waals surface area contributed by atoms with Gasteiger partial charge in [0.15, 0.2) is 0 Å². The van der Waals surface area contributed by atoms with Crippen LogP contribution in [0.5, 0.6) is 0 Å². The molecule has 0 saturated heterocycles. The molecule has 0 unspecified atom stereocenters. The molecule has 0 radical (unpaired) electrons. The largest absolute Gasteiger partial charge is 0.481 e. The molecule has 3 heteroatoms. The standard InChI is InChI=1S/C12H16O2S/c13-11(14)12(10-6-5-9-15-10)7-3-1-2-4-8-12/h5-6,9H,1-4,7-8H2,(H,13,14). The summed E-state index contributed by atoms with van der Waals surface area (Å²) in [6.45, 7) is 0. The summed E-state index contributed by atoms with van der Waals surface area (Å²) in [5, 5.41) is 11.5. The smallest absolute Gasteiger partial charge is 0.314 e. The zero-order valence-corrected chi connectivity index (χ0v) is 9.55. The number of thiophene rings is 1. The molecule has 0 bridgehead atoms. The van der Waals surface area contributed by atoms with E-state index >= 15 is 0 Å². The Bertz CT molecular complexity index is 321. The highest BCUT2D eigenvalue weighted by Gasteiger charge is 2.41. The maximum absolute atomic E-state index is 11.5. The van der Waals surface area contributed by atoms with Gasteiger partial charge in [0.25, 0.3) is 0 Å². The Morgan fingerprint density at radius 1 is 1.27 bits per heavy atom. The summed E-state index contributed by atoms with van der Waals surface area (Å²) in [5.41, 5.74) is -0.579. The van der Waals surface area contributed by atoms with Crippen LogP contribution >= 0.6 is 11.3 Å². The zero-order valence-electron chi connectivity index (χ0n) is 8.74. The van der Waals surface area contributed by atoms with Crippen molar-refractivity contribution >= 4 is 17.3 Å². The fraction of sp³-hybridized carbons (Fsp3) is 0.583. The van der Waals surface area contributed by atoms with Crippen LogP contribution in [0, 0.1) is 0 Å². The number of carboxylic acid groups (broad SMARTS) is 1. The van der Waals surface area contributed by atoms with Crippen LogP contribution in [-0.4, -0.2) is 11.1 Å². The Labute approximate surface area is 93.9 Å². The quantitative estimate of drug-likeness (QED) is 0.781. The summed E-state index contributed by atoms with van der Waals surface area (Å²) < 4.78 is 0. The van der Waals surface area contributed by atoms with Crippen molar-refractivity contribution in [3.8, 4) is 0 Å². The molecule has 1 N–H and O–H groups in total. The lowest BCUT2D eigenvalue weighted by atomic mass is 9.79. The Morgan fingerprint density at radius 3 is 2.40 bits per heavy atom. The van der Waals surface area contributed by atoms with Gasteiger partial charge in [-0.1, -0.05) is 31.7 Å². The van der Waals surface area contributed by atoms with Crippen LogP contribution in [0.15, 0.2) is 17.5 Å². The van der Waals surface area contributed by atoms with Crippen molar-refractivity contribution in [3.63, 3.8) is 0 Å². The monoisotopic (exact) mass is 224 g/mol. The summed E-state index contributed by atoms with van der Waals surface area (Å²) in [7, 11) is 0. The summed E-state index contributed by atoms with van der Waals surface area (Å²) >= 11 is 1.59. The highest BCUT2D eigenvalue weighted by Crippen LogP contribution is 2.40. The van der Waals surface area contributed by atoms with Gasteiger partial charge in [0.1, 0.15) is 5.41 Å². The van der Waals surface area contributed by atoms with E-state index < -0.39 is 11.4 Å². The van der Waals surface area contributed by atoms with Crippen molar-refractivity contribution in [2.45, 2.75) is 43.9 Å². The fourth-order valence-electron chi connectivity index (χ4n) is 2.45. The van der Waals surface area contributed by atoms with Crippen molar-refractivity contribution in [2.24, 2.45) is 0 Å². The Hall–Kier alpha value is -0.830. The third kappa shape index (κ3) is 1.93. The highest BCUT2D eigenvalue weighted by atomic mass is 32.1. The number of aliphatic carboxylic acids is 1. The Kier molecular flexibility index (Phi) is 3.10. The molecule has 82 valence electrons. The first-order valence-electron chi connectivity index (χ1n) is 5.53. The van der Waals surface area contributed by atoms with Crippen LogP contribution in [-0.2, 0) is 10.2 Å². The van der Waals surface area contributed by atoms with Crippen LogP contribution in [0.1, 0.15) is 43.4 Å². The average Bonchev–Trinajstić information content (AvgIpc) is 2.63. The number of hydrogen-bond acceptors (Lipinski definition) is 2. The van der Waals surface area contributed by atoms with Crippen molar-refractivity contribution in [1.29, 1.82) is 0 Å². The van der Waals surface area contributed by atoms with E-state index in [1.165, 1.54) is 12.8 Å². The van der Waals surface area contributed by atoms with Gasteiger partial charge in [0.05, 0.1) is 0 Å². The summed E-state index contributed by atoms with van der Waals surface area (Å²) in [6.07, 6.45) is 6.07. The molecule has 2 nitrogen and oxygen atoms in total. The van der Waals surface area contributed by atoms with Crippen molar-refractivity contribution in [2.75, 3.05) is 0 Å². The lowest BCUT2D eigenvalue weighted by molar-refractivity contribution is -0.144. The van der Waals surface area contributed by atoms with Crippen LogP contribution in [0.4, 0.5) is 0 Å². The molecule has 2 rings (SSSR count). The molecule has 1 fully saturated rings. The van der Waals surface area contributed by atoms with Gasteiger partial charge < -0.3 is 5.11 Å². The molecule has 0 spiro atoms. The normalized spacial score (nSPS) is 20.8. The van der Waals surface area contributed by atoms with Gasteiger partial charge in [-0.15, -0.1) is 11.3 Å². The molecular weight excluding hydrogens is 208 g/mol. The molecule has 0 atom stereocenters. The predicted molar refractivity (Wildman–Crippen MR) is 61.3 cm³/mol. The van der Waals surface area contributed by atoms with Gasteiger partial charge in [-0.3, -0.25) is 4.79 Å². The van der Waals surface area contributed by atoms with Crippen LogP contribution in [0.2, 0.25) is 0 Å². The molecule has 1 aromatic heterocycles. The minimum absolute atomic E-state index is 0.579. The predicted octanol–water partition coefficient (Wildman–Crippen LogP) is 3.42. The molecular formula is C12H16O2S. The SMILES string of the molecule is O=C(O)C1(c2cccs2)CCCCCC1. The topological polar surface area (TPSA) is 37.3 Å². The Morgan fingerprint density at radius 2 is 1.93 bits per heavy atom. The molecule has 15 heavy (non-hydrogen) atoms. The van der Waals surface area contributed by atoms with E-state index in [4.69, 9.17) is 0 Å². The number of carboxylic acids is 1. The molecule has 1 aromatic rings. The number of rotatable bonds is 2. The zero-order chi connectivity index (χ0) is 10.7. The average molecular weight is 224 g/mol. The number of hydrogen-bond donors (Lipinski definition) is 1. The van der Waals surface area contributed by atoms with Crippen molar-refractivity contribution < 1.29 is 9.90 Å². The third-order valence-corrected chi connectivity index (χ3v) is 4.43. The minimum Gasteiger partial charge on any atom is -0.481 e. The van der Waals surface area contributed by atoms with Crippen LogP contribution in [0.3, 0.4) is 0 Å². The molecule has 1 aliphatic carbocycles. The minimum atomic E-state index is -0.633. The van der Waals surface area contributed by atoms with Crippen molar-refractivity contribution in [3.05, 3.63) is 22.4 Å². The second kappa shape index (κ2) is 4.35. The van der Waals surface area contributed by atoms with Gasteiger partial charge in [0.2, 0.25) is 0 Å². The molecule has 0 amide bonds.